The number of hydrogen-bond donors (Lipinski definition) is 0. The van der Waals surface area contributed by atoms with Gasteiger partial charge in [0.05, 0.1) is 13.2 Å². The third kappa shape index (κ3) is 2.23. The lowest BCUT2D eigenvalue weighted by atomic mass is 10.1. The molecule has 0 amide bonds. The Morgan fingerprint density at radius 3 is 2.50 bits per heavy atom. The molecular weight excluding hydrogens is 208 g/mol. The van der Waals surface area contributed by atoms with Crippen molar-refractivity contribution in [1.82, 2.24) is 0 Å². The van der Waals surface area contributed by atoms with Gasteiger partial charge in [-0.2, -0.15) is 0 Å². The topological polar surface area (TPSA) is 44.8 Å². The van der Waals surface area contributed by atoms with Gasteiger partial charge < -0.3 is 14.2 Å². The number of carbonyl (C=O) groups is 1. The quantitative estimate of drug-likeness (QED) is 0.726. The predicted molar refractivity (Wildman–Crippen MR) is 56.7 cm³/mol. The third-order valence-corrected chi connectivity index (χ3v) is 2.43. The molecule has 0 atom stereocenters. The summed E-state index contributed by atoms with van der Waals surface area (Å²) >= 11 is 0. The van der Waals surface area contributed by atoms with E-state index in [0.717, 1.165) is 5.56 Å². The molecule has 1 aromatic rings. The molecule has 1 fully saturated rings. The molecule has 0 aromatic heterocycles. The van der Waals surface area contributed by atoms with E-state index in [-0.39, 0.29) is 12.6 Å². The minimum atomic E-state index is -0.924. The van der Waals surface area contributed by atoms with Crippen LogP contribution in [0.2, 0.25) is 0 Å². The second-order valence-corrected chi connectivity index (χ2v) is 3.60. The van der Waals surface area contributed by atoms with Crippen LogP contribution < -0.4 is 0 Å². The maximum Gasteiger partial charge on any atom is 0.302 e. The Morgan fingerprint density at radius 1 is 1.31 bits per heavy atom. The highest BCUT2D eigenvalue weighted by Crippen LogP contribution is 2.31. The molecule has 0 aliphatic carbocycles. The highest BCUT2D eigenvalue weighted by molar-refractivity contribution is 5.66. The van der Waals surface area contributed by atoms with Crippen molar-refractivity contribution >= 4 is 5.97 Å². The Balaban J connectivity index is 2.19. The molecule has 0 radical (unpaired) electrons. The molecule has 0 spiro atoms. The maximum absolute atomic E-state index is 10.8. The average Bonchev–Trinajstić information content (AvgIpc) is 2.78. The van der Waals surface area contributed by atoms with Gasteiger partial charge in [-0.1, -0.05) is 30.3 Å². The smallest absolute Gasteiger partial charge is 0.302 e. The summed E-state index contributed by atoms with van der Waals surface area (Å²) in [6.07, 6.45) is 0. The first-order valence-electron chi connectivity index (χ1n) is 5.20. The van der Waals surface area contributed by atoms with Gasteiger partial charge in [0.1, 0.15) is 6.61 Å². The van der Waals surface area contributed by atoms with E-state index in [1.165, 1.54) is 6.92 Å². The Kier molecular flexibility index (Phi) is 3.22. The van der Waals surface area contributed by atoms with Gasteiger partial charge in [0.15, 0.2) is 0 Å². The molecule has 16 heavy (non-hydrogen) atoms. The summed E-state index contributed by atoms with van der Waals surface area (Å²) in [5.74, 6) is -1.26. The van der Waals surface area contributed by atoms with Crippen LogP contribution in [0.1, 0.15) is 12.5 Å². The minimum Gasteiger partial charge on any atom is -0.460 e. The Hall–Kier alpha value is -1.39. The van der Waals surface area contributed by atoms with Crippen LogP contribution in [-0.4, -0.2) is 25.8 Å². The summed E-state index contributed by atoms with van der Waals surface area (Å²) in [6.45, 7) is 2.48. The SMILES string of the molecule is CC(=O)OCC1(c2ccccc2)OCCO1. The average molecular weight is 222 g/mol. The molecule has 1 aromatic carbocycles. The Morgan fingerprint density at radius 2 is 1.94 bits per heavy atom. The van der Waals surface area contributed by atoms with Crippen molar-refractivity contribution < 1.29 is 19.0 Å². The highest BCUT2D eigenvalue weighted by Gasteiger charge is 2.39. The zero-order valence-electron chi connectivity index (χ0n) is 9.14. The van der Waals surface area contributed by atoms with E-state index in [1.807, 2.05) is 30.3 Å². The van der Waals surface area contributed by atoms with Crippen LogP contribution in [0.15, 0.2) is 30.3 Å². The van der Waals surface area contributed by atoms with Crippen molar-refractivity contribution in [3.63, 3.8) is 0 Å². The standard InChI is InChI=1S/C12H14O4/c1-10(13)14-9-12(15-7-8-16-12)11-5-3-2-4-6-11/h2-6H,7-9H2,1H3. The van der Waals surface area contributed by atoms with Crippen molar-refractivity contribution in [2.45, 2.75) is 12.7 Å². The molecular formula is C12H14O4. The molecule has 1 aliphatic heterocycles. The molecule has 4 heteroatoms. The highest BCUT2D eigenvalue weighted by atomic mass is 16.8. The molecule has 1 heterocycles. The number of hydrogen-bond acceptors (Lipinski definition) is 4. The summed E-state index contributed by atoms with van der Waals surface area (Å²) in [6, 6.07) is 9.51. The molecule has 0 saturated carbocycles. The zero-order valence-corrected chi connectivity index (χ0v) is 9.14. The number of ether oxygens (including phenoxy) is 3. The van der Waals surface area contributed by atoms with Gasteiger partial charge in [0, 0.05) is 12.5 Å². The van der Waals surface area contributed by atoms with Crippen LogP contribution in [0.3, 0.4) is 0 Å². The van der Waals surface area contributed by atoms with Crippen molar-refractivity contribution in [1.29, 1.82) is 0 Å². The number of esters is 1. The van der Waals surface area contributed by atoms with Crippen LogP contribution >= 0.6 is 0 Å². The molecule has 0 bridgehead atoms. The molecule has 1 aliphatic rings. The fourth-order valence-corrected chi connectivity index (χ4v) is 1.68. The first kappa shape index (κ1) is 11.1. The maximum atomic E-state index is 10.8. The molecule has 1 saturated heterocycles. The summed E-state index contributed by atoms with van der Waals surface area (Å²) < 4.78 is 16.1. The van der Waals surface area contributed by atoms with Crippen LogP contribution in [0, 0.1) is 0 Å². The van der Waals surface area contributed by atoms with E-state index in [1.54, 1.807) is 0 Å². The van der Waals surface area contributed by atoms with Gasteiger partial charge in [-0.3, -0.25) is 4.79 Å². The van der Waals surface area contributed by atoms with Crippen LogP contribution in [0.25, 0.3) is 0 Å². The van der Waals surface area contributed by atoms with E-state index < -0.39 is 5.79 Å². The van der Waals surface area contributed by atoms with Gasteiger partial charge in [-0.15, -0.1) is 0 Å². The number of benzene rings is 1. The van der Waals surface area contributed by atoms with Crippen LogP contribution in [0.4, 0.5) is 0 Å². The van der Waals surface area contributed by atoms with Crippen LogP contribution in [-0.2, 0) is 24.8 Å². The fraction of sp³-hybridized carbons (Fsp3) is 0.417. The van der Waals surface area contributed by atoms with E-state index in [0.29, 0.717) is 13.2 Å². The first-order chi connectivity index (χ1) is 7.73. The zero-order chi connectivity index (χ0) is 11.4. The minimum absolute atomic E-state index is 0.0896. The van der Waals surface area contributed by atoms with Crippen molar-refractivity contribution in [2.75, 3.05) is 19.8 Å². The lowest BCUT2D eigenvalue weighted by molar-refractivity contribution is -0.204. The first-order valence-corrected chi connectivity index (χ1v) is 5.20. The third-order valence-electron chi connectivity index (χ3n) is 2.43. The monoisotopic (exact) mass is 222 g/mol. The predicted octanol–water partition coefficient (Wildman–Crippen LogP) is 1.45. The summed E-state index contributed by atoms with van der Waals surface area (Å²) in [4.78, 5) is 10.8. The van der Waals surface area contributed by atoms with Gasteiger partial charge in [0.25, 0.3) is 0 Å². The van der Waals surface area contributed by atoms with Gasteiger partial charge >= 0.3 is 5.97 Å². The second kappa shape index (κ2) is 4.63. The van der Waals surface area contributed by atoms with Gasteiger partial charge in [-0.25, -0.2) is 0 Å². The summed E-state index contributed by atoms with van der Waals surface area (Å²) in [7, 11) is 0. The second-order valence-electron chi connectivity index (χ2n) is 3.60. The molecule has 0 unspecified atom stereocenters. The van der Waals surface area contributed by atoms with E-state index in [2.05, 4.69) is 0 Å². The summed E-state index contributed by atoms with van der Waals surface area (Å²) in [5.41, 5.74) is 0.869. The molecule has 2 rings (SSSR count). The normalized spacial score (nSPS) is 18.3. The van der Waals surface area contributed by atoms with Crippen molar-refractivity contribution in [3.8, 4) is 0 Å². The van der Waals surface area contributed by atoms with Gasteiger partial charge in [0.2, 0.25) is 5.79 Å². The van der Waals surface area contributed by atoms with Gasteiger partial charge in [-0.05, 0) is 0 Å². The van der Waals surface area contributed by atoms with Crippen molar-refractivity contribution in [3.05, 3.63) is 35.9 Å². The molecule has 4 nitrogen and oxygen atoms in total. The Bertz CT molecular complexity index is 355. The fourth-order valence-electron chi connectivity index (χ4n) is 1.68. The lowest BCUT2D eigenvalue weighted by Crippen LogP contribution is -2.33. The summed E-state index contributed by atoms with van der Waals surface area (Å²) in [5, 5.41) is 0. The Labute approximate surface area is 94.1 Å². The number of rotatable bonds is 3. The largest absolute Gasteiger partial charge is 0.460 e. The lowest BCUT2D eigenvalue weighted by Gasteiger charge is -2.26. The molecule has 0 N–H and O–H groups in total. The molecule has 86 valence electrons. The van der Waals surface area contributed by atoms with E-state index in [9.17, 15) is 4.79 Å². The van der Waals surface area contributed by atoms with Crippen LogP contribution in [0.5, 0.6) is 0 Å². The van der Waals surface area contributed by atoms with Crippen molar-refractivity contribution in [2.24, 2.45) is 0 Å². The number of carbonyl (C=O) groups excluding carboxylic acids is 1. The van der Waals surface area contributed by atoms with E-state index in [4.69, 9.17) is 14.2 Å². The van der Waals surface area contributed by atoms with E-state index >= 15 is 0 Å².